The molecule has 20 heavy (non-hydrogen) atoms. The van der Waals surface area contributed by atoms with Gasteiger partial charge in [-0.15, -0.1) is 0 Å². The second-order valence-corrected chi connectivity index (χ2v) is 4.42. The van der Waals surface area contributed by atoms with E-state index in [1.807, 2.05) is 6.07 Å². The van der Waals surface area contributed by atoms with Crippen LogP contribution in [-0.4, -0.2) is 16.7 Å². The van der Waals surface area contributed by atoms with Crippen molar-refractivity contribution in [1.82, 2.24) is 15.5 Å². The van der Waals surface area contributed by atoms with E-state index in [9.17, 15) is 4.39 Å². The first-order valence-corrected chi connectivity index (χ1v) is 6.60. The number of hydrogen-bond donors (Lipinski definition) is 1. The summed E-state index contributed by atoms with van der Waals surface area (Å²) in [7, 11) is 0. The number of rotatable bonds is 7. The number of aryl methyl sites for hydroxylation is 1. The van der Waals surface area contributed by atoms with Crippen LogP contribution < -0.4 is 10.1 Å². The van der Waals surface area contributed by atoms with Gasteiger partial charge < -0.3 is 14.6 Å². The minimum Gasteiger partial charge on any atom is -0.482 e. The SMILES string of the molecule is CCCNCc1cccc(F)c1OCc1noc(C)n1. The van der Waals surface area contributed by atoms with Crippen LogP contribution in [0.25, 0.3) is 0 Å². The maximum atomic E-state index is 13.9. The van der Waals surface area contributed by atoms with Crippen molar-refractivity contribution in [3.05, 3.63) is 41.3 Å². The molecular weight excluding hydrogens is 261 g/mol. The molecule has 2 rings (SSSR count). The summed E-state index contributed by atoms with van der Waals surface area (Å²) in [5.41, 5.74) is 0.777. The fourth-order valence-electron chi connectivity index (χ4n) is 1.79. The number of para-hydroxylation sites is 1. The Kier molecular flexibility index (Phi) is 5.06. The molecule has 0 spiro atoms. The summed E-state index contributed by atoms with van der Waals surface area (Å²) in [5.74, 6) is 0.708. The van der Waals surface area contributed by atoms with Gasteiger partial charge in [0.15, 0.2) is 18.2 Å². The van der Waals surface area contributed by atoms with Gasteiger partial charge in [0.25, 0.3) is 0 Å². The first-order chi connectivity index (χ1) is 9.70. The summed E-state index contributed by atoms with van der Waals surface area (Å²) in [4.78, 5) is 4.02. The third-order valence-electron chi connectivity index (χ3n) is 2.71. The molecule has 0 bridgehead atoms. The normalized spacial score (nSPS) is 10.8. The van der Waals surface area contributed by atoms with E-state index in [-0.39, 0.29) is 18.2 Å². The lowest BCUT2D eigenvalue weighted by molar-refractivity contribution is 0.269. The predicted molar refractivity (Wildman–Crippen MR) is 71.8 cm³/mol. The second-order valence-electron chi connectivity index (χ2n) is 4.42. The van der Waals surface area contributed by atoms with Gasteiger partial charge in [-0.2, -0.15) is 4.98 Å². The minimum absolute atomic E-state index is 0.0824. The molecule has 0 aliphatic carbocycles. The smallest absolute Gasteiger partial charge is 0.223 e. The Hall–Kier alpha value is -1.95. The van der Waals surface area contributed by atoms with Crippen LogP contribution in [0, 0.1) is 12.7 Å². The number of ether oxygens (including phenoxy) is 1. The van der Waals surface area contributed by atoms with Crippen LogP contribution in [0.4, 0.5) is 4.39 Å². The zero-order valence-corrected chi connectivity index (χ0v) is 11.6. The van der Waals surface area contributed by atoms with E-state index in [1.165, 1.54) is 6.07 Å². The fourth-order valence-corrected chi connectivity index (χ4v) is 1.79. The number of aromatic nitrogens is 2. The van der Waals surface area contributed by atoms with E-state index in [1.54, 1.807) is 13.0 Å². The van der Waals surface area contributed by atoms with Crippen molar-refractivity contribution < 1.29 is 13.7 Å². The predicted octanol–water partition coefficient (Wildman–Crippen LogP) is 2.60. The van der Waals surface area contributed by atoms with Crippen LogP contribution >= 0.6 is 0 Å². The number of hydrogen-bond acceptors (Lipinski definition) is 5. The summed E-state index contributed by atoms with van der Waals surface area (Å²) in [6.07, 6.45) is 1.02. The van der Waals surface area contributed by atoms with Crippen LogP contribution in [0.3, 0.4) is 0 Å². The summed E-state index contributed by atoms with van der Waals surface area (Å²) < 4.78 is 24.2. The molecule has 0 aliphatic heterocycles. The number of benzene rings is 1. The van der Waals surface area contributed by atoms with Gasteiger partial charge in [0.05, 0.1) is 0 Å². The molecule has 0 radical (unpaired) electrons. The van der Waals surface area contributed by atoms with E-state index in [0.29, 0.717) is 18.3 Å². The first-order valence-electron chi connectivity index (χ1n) is 6.60. The van der Waals surface area contributed by atoms with Crippen molar-refractivity contribution in [2.24, 2.45) is 0 Å². The second kappa shape index (κ2) is 7.00. The molecule has 0 saturated heterocycles. The van der Waals surface area contributed by atoms with Gasteiger partial charge >= 0.3 is 0 Å². The fraction of sp³-hybridized carbons (Fsp3) is 0.429. The molecule has 2 aromatic rings. The van der Waals surface area contributed by atoms with E-state index < -0.39 is 0 Å². The first kappa shape index (κ1) is 14.5. The molecule has 108 valence electrons. The number of nitrogens with one attached hydrogen (secondary N) is 1. The number of nitrogens with zero attached hydrogens (tertiary/aromatic N) is 2. The summed E-state index contributed by atoms with van der Waals surface area (Å²) in [6, 6.07) is 4.88. The van der Waals surface area contributed by atoms with E-state index in [2.05, 4.69) is 22.4 Å². The molecule has 0 fully saturated rings. The molecule has 0 amide bonds. The lowest BCUT2D eigenvalue weighted by atomic mass is 10.2. The third kappa shape index (κ3) is 3.77. The Morgan fingerprint density at radius 2 is 2.25 bits per heavy atom. The van der Waals surface area contributed by atoms with Gasteiger partial charge in [-0.1, -0.05) is 24.2 Å². The zero-order valence-electron chi connectivity index (χ0n) is 11.6. The molecule has 1 aromatic heterocycles. The highest BCUT2D eigenvalue weighted by Gasteiger charge is 2.11. The van der Waals surface area contributed by atoms with Crippen molar-refractivity contribution in [3.8, 4) is 5.75 Å². The average Bonchev–Trinajstić information content (AvgIpc) is 2.84. The molecule has 1 N–H and O–H groups in total. The zero-order chi connectivity index (χ0) is 14.4. The van der Waals surface area contributed by atoms with E-state index >= 15 is 0 Å². The summed E-state index contributed by atoms with van der Waals surface area (Å²) >= 11 is 0. The highest BCUT2D eigenvalue weighted by Crippen LogP contribution is 2.23. The van der Waals surface area contributed by atoms with Crippen LogP contribution in [0.1, 0.15) is 30.6 Å². The maximum Gasteiger partial charge on any atom is 0.223 e. The Bertz CT molecular complexity index is 557. The molecule has 0 unspecified atom stereocenters. The van der Waals surface area contributed by atoms with Gasteiger partial charge in [-0.05, 0) is 19.0 Å². The third-order valence-corrected chi connectivity index (χ3v) is 2.71. The van der Waals surface area contributed by atoms with Gasteiger partial charge in [-0.3, -0.25) is 0 Å². The highest BCUT2D eigenvalue weighted by molar-refractivity contribution is 5.34. The Morgan fingerprint density at radius 1 is 1.40 bits per heavy atom. The molecule has 6 heteroatoms. The quantitative estimate of drug-likeness (QED) is 0.789. The monoisotopic (exact) mass is 279 g/mol. The van der Waals surface area contributed by atoms with Crippen molar-refractivity contribution in [2.75, 3.05) is 6.54 Å². The standard InChI is InChI=1S/C14H18FN3O2/c1-3-7-16-8-11-5-4-6-12(15)14(11)19-9-13-17-10(2)20-18-13/h4-6,16H,3,7-9H2,1-2H3. The lowest BCUT2D eigenvalue weighted by Gasteiger charge is -2.11. The van der Waals surface area contributed by atoms with Crippen LogP contribution in [0.15, 0.2) is 22.7 Å². The molecule has 1 heterocycles. The van der Waals surface area contributed by atoms with E-state index in [0.717, 1.165) is 18.5 Å². The van der Waals surface area contributed by atoms with E-state index in [4.69, 9.17) is 9.26 Å². The maximum absolute atomic E-state index is 13.9. The lowest BCUT2D eigenvalue weighted by Crippen LogP contribution is -2.15. The van der Waals surface area contributed by atoms with Gasteiger partial charge in [-0.25, -0.2) is 4.39 Å². The molecular formula is C14H18FN3O2. The number of halogens is 1. The average molecular weight is 279 g/mol. The Labute approximate surface area is 117 Å². The topological polar surface area (TPSA) is 60.2 Å². The van der Waals surface area contributed by atoms with Gasteiger partial charge in [0, 0.05) is 19.0 Å². The molecule has 0 aliphatic rings. The molecule has 0 saturated carbocycles. The Balaban J connectivity index is 2.04. The van der Waals surface area contributed by atoms with Crippen molar-refractivity contribution in [2.45, 2.75) is 33.4 Å². The van der Waals surface area contributed by atoms with Gasteiger partial charge in [0.1, 0.15) is 0 Å². The minimum atomic E-state index is -0.388. The molecule has 1 aromatic carbocycles. The van der Waals surface area contributed by atoms with Crippen LogP contribution in [-0.2, 0) is 13.2 Å². The molecule has 0 atom stereocenters. The highest BCUT2D eigenvalue weighted by atomic mass is 19.1. The van der Waals surface area contributed by atoms with Gasteiger partial charge in [0.2, 0.25) is 11.7 Å². The van der Waals surface area contributed by atoms with Crippen molar-refractivity contribution in [1.29, 1.82) is 0 Å². The van der Waals surface area contributed by atoms with Crippen LogP contribution in [0.2, 0.25) is 0 Å². The van der Waals surface area contributed by atoms with Crippen molar-refractivity contribution in [3.63, 3.8) is 0 Å². The molecule has 5 nitrogen and oxygen atoms in total. The summed E-state index contributed by atoms with van der Waals surface area (Å²) in [6.45, 7) is 5.29. The Morgan fingerprint density at radius 3 is 2.95 bits per heavy atom. The van der Waals surface area contributed by atoms with Crippen molar-refractivity contribution >= 4 is 0 Å². The summed E-state index contributed by atoms with van der Waals surface area (Å²) in [5, 5.41) is 6.94. The van der Waals surface area contributed by atoms with Crippen LogP contribution in [0.5, 0.6) is 5.75 Å². The largest absolute Gasteiger partial charge is 0.482 e.